The van der Waals surface area contributed by atoms with Crippen LogP contribution in [0.3, 0.4) is 0 Å². The van der Waals surface area contributed by atoms with Gasteiger partial charge in [0.15, 0.2) is 12.4 Å². The van der Waals surface area contributed by atoms with Gasteiger partial charge in [-0.05, 0) is 6.42 Å². The number of nitrogens with zero attached hydrogens (tertiary/aromatic N) is 2. The smallest absolute Gasteiger partial charge is 0.187 e. The molecule has 24 heavy (non-hydrogen) atoms. The molecule has 1 aromatic heterocycles. The lowest BCUT2D eigenvalue weighted by molar-refractivity contribution is -0.697. The van der Waals surface area contributed by atoms with Crippen LogP contribution in [0.5, 0.6) is 0 Å². The van der Waals surface area contributed by atoms with Crippen LogP contribution in [-0.2, 0) is 6.54 Å². The highest BCUT2D eigenvalue weighted by Crippen LogP contribution is 2.13. The molecule has 2 nitrogen and oxygen atoms in total. The molecule has 1 heterocycles. The zero-order chi connectivity index (χ0) is 17.1. The van der Waals surface area contributed by atoms with E-state index in [4.69, 9.17) is 0 Å². The van der Waals surface area contributed by atoms with E-state index in [1.807, 2.05) is 12.4 Å². The normalized spacial score (nSPS) is 11.0. The zero-order valence-corrected chi connectivity index (χ0v) is 16.2. The molecule has 138 valence electrons. The summed E-state index contributed by atoms with van der Waals surface area (Å²) in [6.45, 7) is 3.43. The Labute approximate surface area is 151 Å². The lowest BCUT2D eigenvalue weighted by Crippen LogP contribution is -2.32. The van der Waals surface area contributed by atoms with Crippen LogP contribution >= 0.6 is 0 Å². The minimum absolute atomic E-state index is 1.14. The van der Waals surface area contributed by atoms with Gasteiger partial charge in [-0.15, -0.1) is 0 Å². The molecule has 0 bridgehead atoms. The SMILES string of the molecule is CCCCCCCCCCCCCCCCCC[n+]1ccncc1. The van der Waals surface area contributed by atoms with Crippen molar-refractivity contribution >= 4 is 0 Å². The van der Waals surface area contributed by atoms with Gasteiger partial charge in [-0.2, -0.15) is 0 Å². The van der Waals surface area contributed by atoms with Crippen LogP contribution in [0.25, 0.3) is 0 Å². The Morgan fingerprint density at radius 3 is 1.33 bits per heavy atom. The van der Waals surface area contributed by atoms with E-state index in [9.17, 15) is 0 Å². The van der Waals surface area contributed by atoms with Crippen LogP contribution in [0.2, 0.25) is 0 Å². The maximum atomic E-state index is 4.05. The molecule has 0 aliphatic carbocycles. The van der Waals surface area contributed by atoms with Crippen molar-refractivity contribution in [1.29, 1.82) is 0 Å². The van der Waals surface area contributed by atoms with E-state index in [0.29, 0.717) is 0 Å². The van der Waals surface area contributed by atoms with Crippen LogP contribution < -0.4 is 4.57 Å². The van der Waals surface area contributed by atoms with Crippen molar-refractivity contribution in [3.05, 3.63) is 24.8 Å². The Morgan fingerprint density at radius 1 is 0.542 bits per heavy atom. The van der Waals surface area contributed by atoms with Gasteiger partial charge >= 0.3 is 0 Å². The van der Waals surface area contributed by atoms with Gasteiger partial charge in [0, 0.05) is 6.42 Å². The monoisotopic (exact) mass is 333 g/mol. The maximum Gasteiger partial charge on any atom is 0.187 e. The van der Waals surface area contributed by atoms with Crippen LogP contribution in [0.15, 0.2) is 24.8 Å². The van der Waals surface area contributed by atoms with Gasteiger partial charge < -0.3 is 0 Å². The number of hydrogen-bond acceptors (Lipinski definition) is 1. The van der Waals surface area contributed by atoms with Crippen LogP contribution in [-0.4, -0.2) is 4.98 Å². The van der Waals surface area contributed by atoms with E-state index in [0.717, 1.165) is 6.54 Å². The second kappa shape index (κ2) is 16.9. The molecule has 0 aromatic carbocycles. The van der Waals surface area contributed by atoms with Gasteiger partial charge in [-0.3, -0.25) is 4.98 Å². The van der Waals surface area contributed by atoms with Crippen LogP contribution in [0.4, 0.5) is 0 Å². The molecule has 0 aliphatic heterocycles. The molecular weight excluding hydrogens is 292 g/mol. The standard InChI is InChI=1S/C22H41N2/c1-2-3-4-5-6-7-8-9-10-11-12-13-14-15-16-17-20-24-21-18-23-19-22-24/h18-19,21-22H,2-17,20H2,1H3/q+1. The summed E-state index contributed by atoms with van der Waals surface area (Å²) in [5.74, 6) is 0. The summed E-state index contributed by atoms with van der Waals surface area (Å²) in [5, 5.41) is 0. The van der Waals surface area contributed by atoms with E-state index in [1.165, 1.54) is 103 Å². The zero-order valence-electron chi connectivity index (χ0n) is 16.2. The molecule has 0 atom stereocenters. The highest BCUT2D eigenvalue weighted by molar-refractivity contribution is 4.62. The molecule has 0 N–H and O–H groups in total. The summed E-state index contributed by atoms with van der Waals surface area (Å²) in [6, 6.07) is 0. The number of unbranched alkanes of at least 4 members (excludes halogenated alkanes) is 15. The van der Waals surface area contributed by atoms with Crippen molar-refractivity contribution in [2.24, 2.45) is 0 Å². The molecule has 0 amide bonds. The van der Waals surface area contributed by atoms with Crippen LogP contribution in [0, 0.1) is 0 Å². The average molecular weight is 334 g/mol. The fourth-order valence-electron chi connectivity index (χ4n) is 3.34. The lowest BCUT2D eigenvalue weighted by atomic mass is 10.0. The summed E-state index contributed by atoms with van der Waals surface area (Å²) < 4.78 is 2.23. The summed E-state index contributed by atoms with van der Waals surface area (Å²) >= 11 is 0. The maximum absolute atomic E-state index is 4.05. The molecule has 0 saturated carbocycles. The van der Waals surface area contributed by atoms with Gasteiger partial charge in [-0.25, -0.2) is 4.57 Å². The first-order chi connectivity index (χ1) is 11.9. The van der Waals surface area contributed by atoms with E-state index in [2.05, 4.69) is 28.9 Å². The van der Waals surface area contributed by atoms with Gasteiger partial charge in [-0.1, -0.05) is 96.8 Å². The molecule has 0 fully saturated rings. The Hall–Kier alpha value is -0.920. The van der Waals surface area contributed by atoms with E-state index in [-0.39, 0.29) is 0 Å². The molecule has 1 aromatic rings. The number of hydrogen-bond donors (Lipinski definition) is 0. The molecule has 2 heteroatoms. The third-order valence-electron chi connectivity index (χ3n) is 4.96. The lowest BCUT2D eigenvalue weighted by Gasteiger charge is -2.03. The fraction of sp³-hybridized carbons (Fsp3) is 0.818. The molecule has 0 aliphatic rings. The minimum Gasteiger partial charge on any atom is -0.252 e. The average Bonchev–Trinajstić information content (AvgIpc) is 2.62. The van der Waals surface area contributed by atoms with Crippen molar-refractivity contribution in [1.82, 2.24) is 4.98 Å². The molecule has 0 spiro atoms. The van der Waals surface area contributed by atoms with Crippen molar-refractivity contribution < 1.29 is 4.57 Å². The largest absolute Gasteiger partial charge is 0.252 e. The van der Waals surface area contributed by atoms with E-state index >= 15 is 0 Å². The second-order valence-corrected chi connectivity index (χ2v) is 7.29. The molecule has 0 saturated heterocycles. The van der Waals surface area contributed by atoms with Gasteiger partial charge in [0.2, 0.25) is 0 Å². The number of aryl methyl sites for hydroxylation is 1. The van der Waals surface area contributed by atoms with Crippen molar-refractivity contribution in [3.63, 3.8) is 0 Å². The molecular formula is C22H41N2+. The number of aromatic nitrogens is 2. The van der Waals surface area contributed by atoms with Gasteiger partial charge in [0.05, 0.1) is 12.4 Å². The van der Waals surface area contributed by atoms with E-state index < -0.39 is 0 Å². The Kier molecular flexibility index (Phi) is 14.9. The van der Waals surface area contributed by atoms with Crippen molar-refractivity contribution in [2.45, 2.75) is 116 Å². The fourth-order valence-corrected chi connectivity index (χ4v) is 3.34. The predicted molar refractivity (Wildman–Crippen MR) is 104 cm³/mol. The predicted octanol–water partition coefficient (Wildman–Crippen LogP) is 6.63. The Bertz CT molecular complexity index is 350. The topological polar surface area (TPSA) is 16.8 Å². The summed E-state index contributed by atoms with van der Waals surface area (Å²) in [6.07, 6.45) is 30.8. The number of rotatable bonds is 17. The van der Waals surface area contributed by atoms with Crippen molar-refractivity contribution in [2.75, 3.05) is 0 Å². The Balaban J connectivity index is 1.70. The molecule has 1 rings (SSSR count). The van der Waals surface area contributed by atoms with E-state index in [1.54, 1.807) is 0 Å². The third-order valence-corrected chi connectivity index (χ3v) is 4.96. The Morgan fingerprint density at radius 2 is 0.917 bits per heavy atom. The quantitative estimate of drug-likeness (QED) is 0.231. The minimum atomic E-state index is 1.14. The highest BCUT2D eigenvalue weighted by atomic mass is 14.9. The third kappa shape index (κ3) is 13.5. The van der Waals surface area contributed by atoms with Crippen molar-refractivity contribution in [3.8, 4) is 0 Å². The first-order valence-corrected chi connectivity index (χ1v) is 10.7. The summed E-state index contributed by atoms with van der Waals surface area (Å²) in [7, 11) is 0. The second-order valence-electron chi connectivity index (χ2n) is 7.29. The first-order valence-electron chi connectivity index (χ1n) is 10.7. The summed E-state index contributed by atoms with van der Waals surface area (Å²) in [4.78, 5) is 4.05. The first kappa shape index (κ1) is 21.1. The molecule has 0 unspecified atom stereocenters. The summed E-state index contributed by atoms with van der Waals surface area (Å²) in [5.41, 5.74) is 0. The molecule has 0 radical (unpaired) electrons. The van der Waals surface area contributed by atoms with Crippen LogP contribution in [0.1, 0.15) is 110 Å². The highest BCUT2D eigenvalue weighted by Gasteiger charge is 1.98. The van der Waals surface area contributed by atoms with Gasteiger partial charge in [0.1, 0.15) is 6.54 Å². The van der Waals surface area contributed by atoms with Gasteiger partial charge in [0.25, 0.3) is 0 Å².